The number of carbonyl (C=O) groups is 1. The Hall–Kier alpha value is -2.48. The predicted molar refractivity (Wildman–Crippen MR) is 93.8 cm³/mol. The molecule has 1 aliphatic heterocycles. The molecule has 1 N–H and O–H groups in total. The van der Waals surface area contributed by atoms with E-state index in [9.17, 15) is 4.79 Å². The standard InChI is InChI=1S/C16H18N6OS/c1-10-13-14(21(2)20-10)19-16(24-13)18-12-9-11(5-6-17-12)15(23)22-7-3-4-8-22/h5-6,9H,3-4,7-8H2,1-2H3,(H,17,18,19). The molecule has 3 aromatic heterocycles. The molecule has 0 aromatic carbocycles. The molecular weight excluding hydrogens is 324 g/mol. The molecule has 7 nitrogen and oxygen atoms in total. The summed E-state index contributed by atoms with van der Waals surface area (Å²) in [6.45, 7) is 3.65. The summed E-state index contributed by atoms with van der Waals surface area (Å²) in [5, 5.41) is 8.30. The molecule has 4 rings (SSSR count). The Kier molecular flexibility index (Phi) is 3.68. The fourth-order valence-electron chi connectivity index (χ4n) is 2.98. The first kappa shape index (κ1) is 15.1. The predicted octanol–water partition coefficient (Wildman–Crippen LogP) is 2.71. The van der Waals surface area contributed by atoms with Crippen LogP contribution in [0.1, 0.15) is 28.9 Å². The molecule has 0 saturated carbocycles. The van der Waals surface area contributed by atoms with Crippen LogP contribution in [0.2, 0.25) is 0 Å². The van der Waals surface area contributed by atoms with Gasteiger partial charge in [-0.15, -0.1) is 0 Å². The number of nitrogens with one attached hydrogen (secondary N) is 1. The van der Waals surface area contributed by atoms with Crippen molar-refractivity contribution < 1.29 is 4.79 Å². The van der Waals surface area contributed by atoms with Crippen LogP contribution in [0.25, 0.3) is 10.3 Å². The molecule has 4 heterocycles. The number of likely N-dealkylation sites (tertiary alicyclic amines) is 1. The minimum absolute atomic E-state index is 0.0716. The van der Waals surface area contributed by atoms with Crippen LogP contribution in [-0.2, 0) is 7.05 Å². The number of hydrogen-bond acceptors (Lipinski definition) is 6. The minimum atomic E-state index is 0.0716. The summed E-state index contributed by atoms with van der Waals surface area (Å²) in [7, 11) is 1.88. The van der Waals surface area contributed by atoms with Crippen molar-refractivity contribution in [2.45, 2.75) is 19.8 Å². The number of amides is 1. The number of pyridine rings is 1. The SMILES string of the molecule is Cc1nn(C)c2nc(Nc3cc(C(=O)N4CCCC4)ccn3)sc12. The molecule has 0 spiro atoms. The lowest BCUT2D eigenvalue weighted by Gasteiger charge is -2.15. The second-order valence-electron chi connectivity index (χ2n) is 5.93. The highest BCUT2D eigenvalue weighted by molar-refractivity contribution is 7.22. The molecule has 124 valence electrons. The van der Waals surface area contributed by atoms with Gasteiger partial charge in [0.15, 0.2) is 10.8 Å². The number of aryl methyl sites for hydroxylation is 2. The molecule has 0 atom stereocenters. The normalized spacial score (nSPS) is 14.5. The van der Waals surface area contributed by atoms with E-state index >= 15 is 0 Å². The van der Waals surface area contributed by atoms with Crippen LogP contribution in [0, 0.1) is 6.92 Å². The number of carbonyl (C=O) groups excluding carboxylic acids is 1. The molecule has 0 aliphatic carbocycles. The van der Waals surface area contributed by atoms with Crippen molar-refractivity contribution in [3.63, 3.8) is 0 Å². The molecular formula is C16H18N6OS. The van der Waals surface area contributed by atoms with E-state index in [0.29, 0.717) is 11.4 Å². The quantitative estimate of drug-likeness (QED) is 0.792. The van der Waals surface area contributed by atoms with Gasteiger partial charge in [0.05, 0.1) is 10.4 Å². The Labute approximate surface area is 143 Å². The zero-order chi connectivity index (χ0) is 16.7. The summed E-state index contributed by atoms with van der Waals surface area (Å²) < 4.78 is 2.83. The molecule has 24 heavy (non-hydrogen) atoms. The number of anilines is 2. The number of nitrogens with zero attached hydrogens (tertiary/aromatic N) is 5. The Bertz CT molecular complexity index is 874. The van der Waals surface area contributed by atoms with Crippen LogP contribution in [0.15, 0.2) is 18.3 Å². The van der Waals surface area contributed by atoms with E-state index < -0.39 is 0 Å². The van der Waals surface area contributed by atoms with Crippen molar-refractivity contribution in [1.82, 2.24) is 24.6 Å². The lowest BCUT2D eigenvalue weighted by atomic mass is 10.2. The van der Waals surface area contributed by atoms with E-state index in [1.807, 2.05) is 18.9 Å². The first-order valence-electron chi connectivity index (χ1n) is 7.94. The first-order valence-corrected chi connectivity index (χ1v) is 8.76. The number of aromatic nitrogens is 4. The van der Waals surface area contributed by atoms with E-state index in [1.165, 1.54) is 11.3 Å². The molecule has 1 amide bonds. The highest BCUT2D eigenvalue weighted by atomic mass is 32.1. The van der Waals surface area contributed by atoms with Gasteiger partial charge in [0, 0.05) is 31.9 Å². The zero-order valence-electron chi connectivity index (χ0n) is 13.6. The van der Waals surface area contributed by atoms with E-state index in [2.05, 4.69) is 20.4 Å². The average molecular weight is 342 g/mol. The van der Waals surface area contributed by atoms with Crippen molar-refractivity contribution >= 4 is 38.5 Å². The van der Waals surface area contributed by atoms with Gasteiger partial charge in [0.2, 0.25) is 0 Å². The second-order valence-corrected chi connectivity index (χ2v) is 6.93. The Morgan fingerprint density at radius 3 is 2.88 bits per heavy atom. The summed E-state index contributed by atoms with van der Waals surface area (Å²) in [6.07, 6.45) is 3.83. The number of hydrogen-bond donors (Lipinski definition) is 1. The van der Waals surface area contributed by atoms with Crippen LogP contribution in [0.4, 0.5) is 10.9 Å². The van der Waals surface area contributed by atoms with Crippen LogP contribution < -0.4 is 5.32 Å². The van der Waals surface area contributed by atoms with Crippen LogP contribution >= 0.6 is 11.3 Å². The van der Waals surface area contributed by atoms with Gasteiger partial charge in [0.25, 0.3) is 5.91 Å². The smallest absolute Gasteiger partial charge is 0.254 e. The zero-order valence-corrected chi connectivity index (χ0v) is 14.4. The van der Waals surface area contributed by atoms with Crippen molar-refractivity contribution in [1.29, 1.82) is 0 Å². The Morgan fingerprint density at radius 1 is 1.33 bits per heavy atom. The van der Waals surface area contributed by atoms with Crippen molar-refractivity contribution in [2.24, 2.45) is 7.05 Å². The van der Waals surface area contributed by atoms with E-state index in [4.69, 9.17) is 0 Å². The van der Waals surface area contributed by atoms with Crippen molar-refractivity contribution in [2.75, 3.05) is 18.4 Å². The van der Waals surface area contributed by atoms with Crippen molar-refractivity contribution in [3.05, 3.63) is 29.6 Å². The molecule has 0 unspecified atom stereocenters. The van der Waals surface area contributed by atoms with Crippen molar-refractivity contribution in [3.8, 4) is 0 Å². The summed E-state index contributed by atoms with van der Waals surface area (Å²) >= 11 is 1.54. The van der Waals surface area contributed by atoms with Gasteiger partial charge in [-0.1, -0.05) is 11.3 Å². The first-order chi connectivity index (χ1) is 11.6. The van der Waals surface area contributed by atoms with Gasteiger partial charge in [-0.05, 0) is 31.9 Å². The monoisotopic (exact) mass is 342 g/mol. The van der Waals surface area contributed by atoms with Crippen LogP contribution in [0.3, 0.4) is 0 Å². The molecule has 0 radical (unpaired) electrons. The highest BCUT2D eigenvalue weighted by Gasteiger charge is 2.20. The highest BCUT2D eigenvalue weighted by Crippen LogP contribution is 2.29. The molecule has 3 aromatic rings. The Morgan fingerprint density at radius 2 is 2.12 bits per heavy atom. The van der Waals surface area contributed by atoms with Gasteiger partial charge in [-0.3, -0.25) is 4.79 Å². The third-order valence-corrected chi connectivity index (χ3v) is 5.25. The molecule has 1 saturated heterocycles. The summed E-state index contributed by atoms with van der Waals surface area (Å²) in [5.41, 5.74) is 2.47. The van der Waals surface area contributed by atoms with Gasteiger partial charge < -0.3 is 10.2 Å². The molecule has 0 bridgehead atoms. The van der Waals surface area contributed by atoms with Crippen LogP contribution in [0.5, 0.6) is 0 Å². The third kappa shape index (κ3) is 2.62. The number of fused-ring (bicyclic) bond motifs is 1. The number of rotatable bonds is 3. The van der Waals surface area contributed by atoms with Gasteiger partial charge in [-0.25, -0.2) is 14.6 Å². The van der Waals surface area contributed by atoms with E-state index in [-0.39, 0.29) is 5.91 Å². The largest absolute Gasteiger partial charge is 0.339 e. The maximum atomic E-state index is 12.5. The number of thiazole rings is 1. The topological polar surface area (TPSA) is 75.9 Å². The van der Waals surface area contributed by atoms with Gasteiger partial charge >= 0.3 is 0 Å². The van der Waals surface area contributed by atoms with Gasteiger partial charge in [-0.2, -0.15) is 5.10 Å². The average Bonchev–Trinajstić information content (AvgIpc) is 3.28. The summed E-state index contributed by atoms with van der Waals surface area (Å²) in [6, 6.07) is 3.55. The van der Waals surface area contributed by atoms with Gasteiger partial charge in [0.1, 0.15) is 5.82 Å². The summed E-state index contributed by atoms with van der Waals surface area (Å²) in [4.78, 5) is 23.2. The summed E-state index contributed by atoms with van der Waals surface area (Å²) in [5.74, 6) is 0.701. The fraction of sp³-hybridized carbons (Fsp3) is 0.375. The second kappa shape index (κ2) is 5.86. The minimum Gasteiger partial charge on any atom is -0.339 e. The third-order valence-electron chi connectivity index (χ3n) is 4.18. The van der Waals surface area contributed by atoms with E-state index in [1.54, 1.807) is 23.0 Å². The van der Waals surface area contributed by atoms with E-state index in [0.717, 1.165) is 47.1 Å². The van der Waals surface area contributed by atoms with Crippen LogP contribution in [-0.4, -0.2) is 43.6 Å². The lowest BCUT2D eigenvalue weighted by molar-refractivity contribution is 0.0793. The molecule has 8 heteroatoms. The maximum absolute atomic E-state index is 12.5. The molecule has 1 fully saturated rings. The maximum Gasteiger partial charge on any atom is 0.254 e. The Balaban J connectivity index is 1.58. The fourth-order valence-corrected chi connectivity index (χ4v) is 3.92. The lowest BCUT2D eigenvalue weighted by Crippen LogP contribution is -2.27. The molecule has 1 aliphatic rings.